The van der Waals surface area contributed by atoms with Crippen molar-refractivity contribution in [2.75, 3.05) is 20.3 Å². The van der Waals surface area contributed by atoms with Crippen molar-refractivity contribution < 1.29 is 101 Å². The molecule has 15 atom stereocenters. The smallest absolute Gasteiger partial charge is 0.440 e. The zero-order valence-corrected chi connectivity index (χ0v) is 32.4. The molecule has 0 aromatic carbocycles. The highest BCUT2D eigenvalue weighted by Crippen LogP contribution is 2.78. The first-order chi connectivity index (χ1) is 25.9. The van der Waals surface area contributed by atoms with Crippen LogP contribution in [0, 0.1) is 0 Å². The molecule has 56 heavy (non-hydrogen) atoms. The Morgan fingerprint density at radius 2 is 1.36 bits per heavy atom. The van der Waals surface area contributed by atoms with Gasteiger partial charge in [0.25, 0.3) is 0 Å². The maximum atomic E-state index is 13.4. The van der Waals surface area contributed by atoms with Crippen molar-refractivity contribution in [3.63, 3.8) is 0 Å². The number of hydrogen-bond acceptors (Lipinski definition) is 18. The number of carbonyl (C=O) groups is 6. The van der Waals surface area contributed by atoms with Gasteiger partial charge < -0.3 is 85.8 Å². The van der Waals surface area contributed by atoms with E-state index in [-0.39, 0.29) is 6.42 Å². The van der Waals surface area contributed by atoms with E-state index in [0.29, 0.717) is 7.11 Å². The molecular weight excluding hydrogens is 804 g/mol. The molecule has 3 unspecified atom stereocenters. The van der Waals surface area contributed by atoms with E-state index in [1.165, 1.54) is 6.92 Å². The molecule has 0 bridgehead atoms. The maximum absolute atomic E-state index is 13.4. The Kier molecular flexibility index (Phi) is 18.3. The monoisotopic (exact) mass is 853 g/mol. The SMILES string of the molecule is COP(=O)(O)P(=O)(O)O[C@H]1O[C@H](CO)C(O[C@@H]2O[C@H](CO)[C@@H](O)[C@H](O)[C@H]2NC(C)=O)[C@H](O[C@H](C)C(=O)N[C@@H](C)C(=O)N[C@H](CCC(=O)O)C(N)=O)[C@H]1NC(C)=O. The minimum atomic E-state index is -5.74. The van der Waals surface area contributed by atoms with Gasteiger partial charge in [0, 0.05) is 27.4 Å². The number of carboxylic acid groups (broad SMARTS) is 1. The molecule has 322 valence electrons. The lowest BCUT2D eigenvalue weighted by atomic mass is 9.94. The van der Waals surface area contributed by atoms with Crippen LogP contribution in [0.25, 0.3) is 0 Å². The van der Waals surface area contributed by atoms with Crippen LogP contribution >= 0.6 is 14.6 Å². The Labute approximate surface area is 318 Å². The third-order valence-corrected chi connectivity index (χ3v) is 12.6. The predicted molar refractivity (Wildman–Crippen MR) is 181 cm³/mol. The van der Waals surface area contributed by atoms with Crippen molar-refractivity contribution in [2.45, 2.75) is 120 Å². The summed E-state index contributed by atoms with van der Waals surface area (Å²) in [5.74, 6) is -6.11. The number of ether oxygens (including phenoxy) is 4. The number of nitrogens with one attached hydrogen (secondary N) is 4. The molecule has 13 N–H and O–H groups in total. The maximum Gasteiger partial charge on any atom is 0.440 e. The predicted octanol–water partition coefficient (Wildman–Crippen LogP) is -5.40. The van der Waals surface area contributed by atoms with Crippen LogP contribution < -0.4 is 27.0 Å². The molecule has 26 nitrogen and oxygen atoms in total. The molecule has 2 heterocycles. The Hall–Kier alpha value is -3.20. The molecule has 2 fully saturated rings. The Balaban J connectivity index is 2.58. The summed E-state index contributed by atoms with van der Waals surface area (Å²) in [6.07, 6.45) is -17.5. The molecule has 2 saturated heterocycles. The van der Waals surface area contributed by atoms with Gasteiger partial charge in [0.2, 0.25) is 29.5 Å². The van der Waals surface area contributed by atoms with Gasteiger partial charge in [-0.25, -0.2) is 9.13 Å². The average molecular weight is 854 g/mol. The fourth-order valence-corrected chi connectivity index (χ4v) is 7.47. The van der Waals surface area contributed by atoms with Gasteiger partial charge in [-0.05, 0) is 20.3 Å². The van der Waals surface area contributed by atoms with Crippen LogP contribution in [0.15, 0.2) is 0 Å². The summed E-state index contributed by atoms with van der Waals surface area (Å²) in [7, 11) is -10.6. The van der Waals surface area contributed by atoms with Crippen molar-refractivity contribution in [3.8, 4) is 0 Å². The summed E-state index contributed by atoms with van der Waals surface area (Å²) in [5, 5.41) is 59.5. The highest BCUT2D eigenvalue weighted by Gasteiger charge is 2.56. The summed E-state index contributed by atoms with van der Waals surface area (Å²) in [6, 6.07) is -6.40. The van der Waals surface area contributed by atoms with Crippen molar-refractivity contribution in [2.24, 2.45) is 5.73 Å². The number of rotatable bonds is 20. The molecule has 0 spiro atoms. The van der Waals surface area contributed by atoms with Crippen molar-refractivity contribution in [3.05, 3.63) is 0 Å². The second kappa shape index (κ2) is 21.0. The van der Waals surface area contributed by atoms with Gasteiger partial charge in [0.05, 0.1) is 13.2 Å². The standard InChI is InChI=1S/C28H49N5O21P2/c1-10(25(43)33-14(24(29)42)6-7-17(38)39)30-26(44)11(2)50-23-19(32-13(4)37)28(54-56(47,48)55(45,46)49-5)52-16(9-35)22(23)53-27-18(31-12(3)36)21(41)20(40)15(8-34)51-27/h10-11,14-16,18-23,27-28,34-35,40-41H,6-9H2,1-5H3,(H2,29,42)(H,30,44)(H,31,36)(H,32,37)(H,33,43)(H,38,39)(H,45,46)(H,47,48)/t10-,11+,14+,15+,16+,18+,19+,20+,21+,22?,23+,27-,28+/m0/s1. The van der Waals surface area contributed by atoms with Crippen LogP contribution in [0.3, 0.4) is 0 Å². The lowest BCUT2D eigenvalue weighted by molar-refractivity contribution is -0.330. The summed E-state index contributed by atoms with van der Waals surface area (Å²) in [6.45, 7) is 2.26. The van der Waals surface area contributed by atoms with Crippen LogP contribution in [0.5, 0.6) is 0 Å². The minimum absolute atomic E-state index is 0.374. The second-order valence-electron chi connectivity index (χ2n) is 12.6. The normalized spacial score (nSPS) is 31.6. The van der Waals surface area contributed by atoms with Crippen LogP contribution in [-0.4, -0.2) is 171 Å². The summed E-state index contributed by atoms with van der Waals surface area (Å²) in [5.41, 5.74) is 5.25. The molecule has 0 saturated carbocycles. The largest absolute Gasteiger partial charge is 0.481 e. The van der Waals surface area contributed by atoms with E-state index in [4.69, 9.17) is 34.3 Å². The fourth-order valence-electron chi connectivity index (χ4n) is 5.44. The number of aliphatic carboxylic acids is 1. The summed E-state index contributed by atoms with van der Waals surface area (Å²) >= 11 is 0. The topological polar surface area (TPSA) is 408 Å². The lowest BCUT2D eigenvalue weighted by Crippen LogP contribution is -2.70. The van der Waals surface area contributed by atoms with E-state index in [2.05, 4.69) is 25.8 Å². The van der Waals surface area contributed by atoms with Gasteiger partial charge >= 0.3 is 20.5 Å². The zero-order valence-electron chi connectivity index (χ0n) is 30.7. The summed E-state index contributed by atoms with van der Waals surface area (Å²) in [4.78, 5) is 93.9. The number of aliphatic hydroxyl groups excluding tert-OH is 4. The van der Waals surface area contributed by atoms with Gasteiger partial charge in [0.15, 0.2) is 12.6 Å². The number of amides is 5. The van der Waals surface area contributed by atoms with Crippen LogP contribution in [0.1, 0.15) is 40.5 Å². The third kappa shape index (κ3) is 12.9. The zero-order chi connectivity index (χ0) is 42.9. The third-order valence-electron chi connectivity index (χ3n) is 8.33. The molecule has 28 heteroatoms. The van der Waals surface area contributed by atoms with Crippen LogP contribution in [0.2, 0.25) is 0 Å². The number of nitrogens with two attached hydrogens (primary N) is 1. The molecular formula is C28H49N5O21P2. The number of primary amides is 1. The highest BCUT2D eigenvalue weighted by atomic mass is 32.1. The van der Waals surface area contributed by atoms with Crippen molar-refractivity contribution in [1.82, 2.24) is 21.3 Å². The first-order valence-electron chi connectivity index (χ1n) is 16.7. The first-order valence-corrected chi connectivity index (χ1v) is 20.5. The van der Waals surface area contributed by atoms with Gasteiger partial charge in [-0.1, -0.05) is 0 Å². The molecule has 5 amide bonds. The number of carbonyl (C=O) groups excluding carboxylic acids is 5. The summed E-state index contributed by atoms with van der Waals surface area (Å²) < 4.78 is 57.7. The highest BCUT2D eigenvalue weighted by molar-refractivity contribution is 8.26. The van der Waals surface area contributed by atoms with Gasteiger partial charge in [-0.2, -0.15) is 0 Å². The van der Waals surface area contributed by atoms with Crippen LogP contribution in [-0.2, 0) is 65.9 Å². The molecule has 2 aliphatic heterocycles. The number of hydrogen-bond donors (Lipinski definition) is 12. The molecule has 2 aliphatic rings. The van der Waals surface area contributed by atoms with E-state index in [1.54, 1.807) is 0 Å². The fraction of sp³-hybridized carbons (Fsp3) is 0.786. The first kappa shape index (κ1) is 48.9. The Morgan fingerprint density at radius 3 is 1.86 bits per heavy atom. The van der Waals surface area contributed by atoms with E-state index >= 15 is 0 Å². The Morgan fingerprint density at radius 1 is 0.804 bits per heavy atom. The Bertz CT molecular complexity index is 1520. The van der Waals surface area contributed by atoms with Gasteiger partial charge in [0.1, 0.15) is 66.9 Å². The lowest BCUT2D eigenvalue weighted by Gasteiger charge is -2.49. The van der Waals surface area contributed by atoms with E-state index in [0.717, 1.165) is 20.8 Å². The molecule has 2 rings (SSSR count). The van der Waals surface area contributed by atoms with Crippen molar-refractivity contribution in [1.29, 1.82) is 0 Å². The minimum Gasteiger partial charge on any atom is -0.481 e. The van der Waals surface area contributed by atoms with Crippen LogP contribution in [0.4, 0.5) is 0 Å². The molecule has 0 aromatic heterocycles. The van der Waals surface area contributed by atoms with Gasteiger partial charge in [-0.3, -0.25) is 33.3 Å². The van der Waals surface area contributed by atoms with E-state index < -0.39 is 149 Å². The quantitative estimate of drug-likeness (QED) is 0.0509. The van der Waals surface area contributed by atoms with Crippen molar-refractivity contribution >= 4 is 50.1 Å². The second-order valence-corrected chi connectivity index (χ2v) is 18.2. The molecule has 0 aliphatic carbocycles. The van der Waals surface area contributed by atoms with E-state index in [1.807, 2.05) is 0 Å². The van der Waals surface area contributed by atoms with E-state index in [9.17, 15) is 68.1 Å². The molecule has 0 radical (unpaired) electrons. The van der Waals surface area contributed by atoms with Gasteiger partial charge in [-0.15, -0.1) is 0 Å². The number of aliphatic hydroxyl groups is 4. The number of carboxylic acids is 1. The average Bonchev–Trinajstić information content (AvgIpc) is 3.10. The molecule has 0 aromatic rings.